The van der Waals surface area contributed by atoms with Gasteiger partial charge in [-0.2, -0.15) is 0 Å². The van der Waals surface area contributed by atoms with Crippen molar-refractivity contribution >= 4 is 11.6 Å². The number of aliphatic hydroxyl groups excluding tert-OH is 1. The van der Waals surface area contributed by atoms with Crippen molar-refractivity contribution in [1.82, 2.24) is 4.98 Å². The number of nitrogens with zero attached hydrogens (tertiary/aromatic N) is 1. The van der Waals surface area contributed by atoms with E-state index in [1.807, 2.05) is 25.1 Å². The van der Waals surface area contributed by atoms with Crippen LogP contribution in [0.1, 0.15) is 64.8 Å². The predicted molar refractivity (Wildman–Crippen MR) is 131 cm³/mol. The third kappa shape index (κ3) is 4.32. The molecule has 2 N–H and O–H groups in total. The lowest BCUT2D eigenvalue weighted by molar-refractivity contribution is 0.0468. The summed E-state index contributed by atoms with van der Waals surface area (Å²) in [7, 11) is 0. The molecule has 1 amide bonds. The van der Waals surface area contributed by atoms with Crippen molar-refractivity contribution in [2.24, 2.45) is 5.92 Å². The highest BCUT2D eigenvalue weighted by Gasteiger charge is 2.46. The molecule has 2 aliphatic carbocycles. The Morgan fingerprint density at radius 3 is 2.79 bits per heavy atom. The Labute approximate surface area is 196 Å². The minimum absolute atomic E-state index is 0.0152. The van der Waals surface area contributed by atoms with Gasteiger partial charge in [0.2, 0.25) is 0 Å². The van der Waals surface area contributed by atoms with E-state index in [1.54, 1.807) is 6.20 Å². The summed E-state index contributed by atoms with van der Waals surface area (Å²) in [5.41, 5.74) is 6.30. The summed E-state index contributed by atoms with van der Waals surface area (Å²) in [6.45, 7) is 1.90. The first-order chi connectivity index (χ1) is 16.0. The van der Waals surface area contributed by atoms with E-state index in [-0.39, 0.29) is 17.4 Å². The molecule has 4 nitrogen and oxygen atoms in total. The van der Waals surface area contributed by atoms with Gasteiger partial charge in [0.05, 0.1) is 17.5 Å². The number of carbonyl (C=O) groups is 1. The van der Waals surface area contributed by atoms with Crippen molar-refractivity contribution < 1.29 is 9.90 Å². The molecule has 0 saturated heterocycles. The number of fused-ring (bicyclic) bond motifs is 3. The van der Waals surface area contributed by atoms with Crippen LogP contribution in [0.15, 0.2) is 66.9 Å². The van der Waals surface area contributed by atoms with Crippen LogP contribution in [0.25, 0.3) is 0 Å². The van der Waals surface area contributed by atoms with Crippen molar-refractivity contribution in [2.75, 3.05) is 5.32 Å². The smallest absolute Gasteiger partial charge is 0.255 e. The monoisotopic (exact) mass is 440 g/mol. The lowest BCUT2D eigenvalue weighted by Gasteiger charge is -2.46. The van der Waals surface area contributed by atoms with Crippen molar-refractivity contribution in [2.45, 2.75) is 63.4 Å². The number of rotatable bonds is 4. The van der Waals surface area contributed by atoms with Crippen molar-refractivity contribution in [1.29, 1.82) is 0 Å². The van der Waals surface area contributed by atoms with E-state index in [0.29, 0.717) is 11.5 Å². The number of aromatic nitrogens is 1. The van der Waals surface area contributed by atoms with Gasteiger partial charge in [-0.25, -0.2) is 0 Å². The third-order valence-electron chi connectivity index (χ3n) is 7.78. The first-order valence-corrected chi connectivity index (χ1v) is 12.1. The van der Waals surface area contributed by atoms with Crippen LogP contribution in [0.5, 0.6) is 0 Å². The maximum Gasteiger partial charge on any atom is 0.255 e. The molecule has 1 saturated carbocycles. The fourth-order valence-corrected chi connectivity index (χ4v) is 6.11. The van der Waals surface area contributed by atoms with Gasteiger partial charge in [0.1, 0.15) is 0 Å². The maximum atomic E-state index is 13.1. The lowest BCUT2D eigenvalue weighted by atomic mass is 9.58. The Bertz CT molecular complexity index is 1140. The number of pyridine rings is 1. The number of amides is 1. The molecule has 0 aliphatic heterocycles. The summed E-state index contributed by atoms with van der Waals surface area (Å²) in [6.07, 6.45) is 8.40. The number of hydrogen-bond donors (Lipinski definition) is 2. The largest absolute Gasteiger partial charge is 0.393 e. The fraction of sp³-hybridized carbons (Fsp3) is 0.379. The summed E-state index contributed by atoms with van der Waals surface area (Å²) in [5, 5.41) is 13.5. The van der Waals surface area contributed by atoms with Gasteiger partial charge in [-0.1, -0.05) is 36.4 Å². The highest BCUT2D eigenvalue weighted by atomic mass is 16.3. The molecule has 3 unspecified atom stereocenters. The van der Waals surface area contributed by atoms with Crippen LogP contribution in [0, 0.1) is 12.8 Å². The average Bonchev–Trinajstić information content (AvgIpc) is 2.97. The molecule has 1 fully saturated rings. The van der Waals surface area contributed by atoms with E-state index in [1.165, 1.54) is 16.7 Å². The van der Waals surface area contributed by atoms with Gasteiger partial charge in [-0.15, -0.1) is 0 Å². The molecule has 0 spiro atoms. The van der Waals surface area contributed by atoms with Crippen LogP contribution in [0.4, 0.5) is 5.69 Å². The number of aliphatic hydroxyl groups is 1. The highest BCUT2D eigenvalue weighted by molar-refractivity contribution is 6.04. The maximum absolute atomic E-state index is 13.1. The van der Waals surface area contributed by atoms with Crippen molar-refractivity contribution in [3.8, 4) is 0 Å². The normalized spacial score (nSPS) is 24.3. The summed E-state index contributed by atoms with van der Waals surface area (Å²) < 4.78 is 0. The molecule has 1 aromatic heterocycles. The molecular formula is C29H32N2O2. The Morgan fingerprint density at radius 1 is 1.12 bits per heavy atom. The van der Waals surface area contributed by atoms with Crippen molar-refractivity contribution in [3.05, 3.63) is 94.8 Å². The first kappa shape index (κ1) is 21.8. The number of aryl methyl sites for hydroxylation is 2. The second kappa shape index (κ2) is 9.11. The number of benzene rings is 2. The Morgan fingerprint density at radius 2 is 1.97 bits per heavy atom. The zero-order valence-corrected chi connectivity index (χ0v) is 19.3. The first-order valence-electron chi connectivity index (χ1n) is 12.1. The summed E-state index contributed by atoms with van der Waals surface area (Å²) in [4.78, 5) is 17.3. The minimum atomic E-state index is -0.201. The molecule has 3 atom stereocenters. The lowest BCUT2D eigenvalue weighted by Crippen LogP contribution is -2.43. The molecule has 5 rings (SSSR count). The molecule has 0 radical (unpaired) electrons. The summed E-state index contributed by atoms with van der Waals surface area (Å²) >= 11 is 0. The van der Waals surface area contributed by atoms with E-state index in [2.05, 4.69) is 52.8 Å². The molecule has 4 heteroatoms. The fourth-order valence-electron chi connectivity index (χ4n) is 6.11. The van der Waals surface area contributed by atoms with Gasteiger partial charge < -0.3 is 10.4 Å². The molecular weight excluding hydrogens is 408 g/mol. The van der Waals surface area contributed by atoms with Crippen molar-refractivity contribution in [3.63, 3.8) is 0 Å². The van der Waals surface area contributed by atoms with E-state index < -0.39 is 0 Å². The molecule has 1 heterocycles. The van der Waals surface area contributed by atoms with Crippen LogP contribution in [0.3, 0.4) is 0 Å². The average molecular weight is 441 g/mol. The van der Waals surface area contributed by atoms with E-state index in [9.17, 15) is 9.90 Å². The van der Waals surface area contributed by atoms with Crippen LogP contribution < -0.4 is 5.32 Å². The van der Waals surface area contributed by atoms with Gasteiger partial charge in [0, 0.05) is 17.2 Å². The Balaban J connectivity index is 1.51. The number of anilines is 1. The molecule has 170 valence electrons. The zero-order chi connectivity index (χ0) is 22.8. The molecule has 3 aromatic rings. The van der Waals surface area contributed by atoms with Crippen LogP contribution >= 0.6 is 0 Å². The molecule has 2 aromatic carbocycles. The standard InChI is InChI=1S/C29H32N2O2/c1-20-27(11-6-16-30-20)31-28(33)23-12-13-26-22(17-23)9-5-10-24-18-25(32)14-15-29(24,26)19-21-7-3-2-4-8-21/h2-4,6-8,11-13,16-17,24-25,32H,5,9-10,14-15,18-19H2,1H3,(H,31,33). The van der Waals surface area contributed by atoms with Gasteiger partial charge in [0.25, 0.3) is 5.91 Å². The van der Waals surface area contributed by atoms with Crippen LogP contribution in [-0.4, -0.2) is 22.1 Å². The second-order valence-electron chi connectivity index (χ2n) is 9.80. The number of hydrogen-bond acceptors (Lipinski definition) is 3. The topological polar surface area (TPSA) is 62.2 Å². The molecule has 33 heavy (non-hydrogen) atoms. The van der Waals surface area contributed by atoms with Crippen LogP contribution in [-0.2, 0) is 18.3 Å². The summed E-state index contributed by atoms with van der Waals surface area (Å²) in [6, 6.07) is 20.8. The van der Waals surface area contributed by atoms with Crippen LogP contribution in [0.2, 0.25) is 0 Å². The second-order valence-corrected chi connectivity index (χ2v) is 9.80. The summed E-state index contributed by atoms with van der Waals surface area (Å²) in [5.74, 6) is 0.367. The zero-order valence-electron chi connectivity index (χ0n) is 19.3. The predicted octanol–water partition coefficient (Wildman–Crippen LogP) is 5.62. The van der Waals surface area contributed by atoms with Gasteiger partial charge >= 0.3 is 0 Å². The van der Waals surface area contributed by atoms with Gasteiger partial charge in [-0.05, 0) is 98.7 Å². The van der Waals surface area contributed by atoms with Gasteiger partial charge in [0.15, 0.2) is 0 Å². The Kier molecular flexibility index (Phi) is 6.03. The van der Waals surface area contributed by atoms with E-state index in [4.69, 9.17) is 0 Å². The van der Waals surface area contributed by atoms with Gasteiger partial charge in [-0.3, -0.25) is 9.78 Å². The quantitative estimate of drug-likeness (QED) is 0.553. The molecule has 2 aliphatic rings. The van der Waals surface area contributed by atoms with E-state index >= 15 is 0 Å². The highest BCUT2D eigenvalue weighted by Crippen LogP contribution is 2.51. The molecule has 0 bridgehead atoms. The SMILES string of the molecule is Cc1ncccc1NC(=O)c1ccc2c(c1)CCCC1CC(O)CCC21Cc1ccccc1. The number of carbonyl (C=O) groups excluding carboxylic acids is 1. The third-order valence-corrected chi connectivity index (χ3v) is 7.78. The Hall–Kier alpha value is -2.98. The number of nitrogens with one attached hydrogen (secondary N) is 1. The van der Waals surface area contributed by atoms with E-state index in [0.717, 1.165) is 56.3 Å². The minimum Gasteiger partial charge on any atom is -0.393 e.